The normalized spacial score (nSPS) is 11.4. The second-order valence-corrected chi connectivity index (χ2v) is 24.0. The molecule has 0 unspecified atom stereocenters. The maximum Gasteiger partial charge on any atom is 0.0976 e. The van der Waals surface area contributed by atoms with Gasteiger partial charge in [-0.25, -0.2) is 0 Å². The van der Waals surface area contributed by atoms with E-state index in [2.05, 4.69) is 204 Å². The largest absolute Gasteiger partial charge is 0.112 e. The van der Waals surface area contributed by atoms with E-state index < -0.39 is 0 Å². The van der Waals surface area contributed by atoms with E-state index in [-0.39, 0.29) is 0 Å². The van der Waals surface area contributed by atoms with Crippen LogP contribution in [0.2, 0.25) is 0 Å². The van der Waals surface area contributed by atoms with Crippen LogP contribution in [0.5, 0.6) is 0 Å². The first-order valence-electron chi connectivity index (χ1n) is 27.2. The average Bonchev–Trinajstić information content (AvgIpc) is 3.28. The fourth-order valence-electron chi connectivity index (χ4n) is 14.0. The van der Waals surface area contributed by atoms with Crippen molar-refractivity contribution in [3.8, 4) is 22.3 Å². The van der Waals surface area contributed by atoms with Gasteiger partial charge in [0, 0.05) is 25.5 Å². The molecule has 0 saturated heterocycles. The lowest BCUT2D eigenvalue weighted by atomic mass is 8.70. The highest BCUT2D eigenvalue weighted by molar-refractivity contribution is 7.85. The highest BCUT2D eigenvalue weighted by Gasteiger charge is 2.40. The van der Waals surface area contributed by atoms with Crippen molar-refractivity contribution < 1.29 is 0 Å². The molecular weight excluding hydrogens is 790 g/mol. The number of hydrogen-bond acceptors (Lipinski definition) is 0. The molecule has 0 amide bonds. The monoisotopic (exact) mass is 869 g/mol. The summed E-state index contributed by atoms with van der Waals surface area (Å²) in [6, 6.07) is 0. The maximum absolute atomic E-state index is 2.60. The molecule has 0 aliphatic heterocycles. The molecule has 0 bridgehead atoms. The Bertz CT molecular complexity index is 2950. The summed E-state index contributed by atoms with van der Waals surface area (Å²) in [5, 5.41) is 9.02. The Kier molecular flexibility index (Phi) is 16.3. The highest BCUT2D eigenvalue weighted by Crippen LogP contribution is 2.53. The van der Waals surface area contributed by atoms with Crippen molar-refractivity contribution in [2.24, 2.45) is 0 Å². The molecule has 0 N–H and O–H groups in total. The van der Waals surface area contributed by atoms with Crippen molar-refractivity contribution in [2.45, 2.75) is 111 Å². The van der Waals surface area contributed by atoms with Crippen LogP contribution >= 0.6 is 0 Å². The van der Waals surface area contributed by atoms with Crippen LogP contribution < -0.4 is 21.9 Å². The van der Waals surface area contributed by atoms with Crippen molar-refractivity contribution in [3.63, 3.8) is 0 Å². The molecule has 0 nitrogen and oxygen atoms in total. The molecule has 324 valence electrons. The third-order valence-corrected chi connectivity index (χ3v) is 19.6. The Hall–Kier alpha value is -2.47. The molecule has 0 fully saturated rings. The minimum absolute atomic E-state index is 0.339. The lowest BCUT2D eigenvalue weighted by Gasteiger charge is -2.38. The molecule has 22 heteroatoms. The van der Waals surface area contributed by atoms with E-state index in [9.17, 15) is 0 Å². The zero-order valence-corrected chi connectivity index (χ0v) is 49.0. The van der Waals surface area contributed by atoms with Crippen LogP contribution in [0, 0.1) is 111 Å². The predicted octanol–water partition coefficient (Wildman–Crippen LogP) is -5.22. The number of rotatable bonds is 12. The molecule has 0 heterocycles. The first-order valence-corrected chi connectivity index (χ1v) is 27.2. The number of benzene rings is 6. The van der Waals surface area contributed by atoms with Gasteiger partial charge in [-0.15, -0.1) is 10.9 Å². The Balaban J connectivity index is 2.18. The highest BCUT2D eigenvalue weighted by atomic mass is 14.3. The van der Waals surface area contributed by atoms with Crippen molar-refractivity contribution in [1.82, 2.24) is 0 Å². The Labute approximate surface area is 431 Å². The van der Waals surface area contributed by atoms with E-state index in [1.165, 1.54) is 127 Å². The molecule has 0 radical (unpaired) electrons. The van der Waals surface area contributed by atoms with Crippen LogP contribution in [0.25, 0.3) is 54.6 Å². The van der Waals surface area contributed by atoms with Gasteiger partial charge >= 0.3 is 0 Å². The predicted molar refractivity (Wildman–Crippen MR) is 367 cm³/mol. The Morgan fingerprint density at radius 1 is 0.265 bits per heavy atom. The molecule has 0 saturated carbocycles. The van der Waals surface area contributed by atoms with Gasteiger partial charge in [0.2, 0.25) is 0 Å². The quantitative estimate of drug-likeness (QED) is 0.0855. The molecule has 68 heavy (non-hydrogen) atoms. The molecule has 0 atom stereocenters. The number of hydrogen-bond donors (Lipinski definition) is 0. The Morgan fingerprint density at radius 3 is 0.941 bits per heavy atom. The van der Waals surface area contributed by atoms with E-state index in [4.69, 9.17) is 0 Å². The minimum atomic E-state index is 0.339. The van der Waals surface area contributed by atoms with Gasteiger partial charge in [0.05, 0.1) is 133 Å². The summed E-state index contributed by atoms with van der Waals surface area (Å²) in [5.41, 5.74) is 35.6. The minimum Gasteiger partial charge on any atom is -0.112 e. The van der Waals surface area contributed by atoms with Crippen LogP contribution in [-0.2, 0) is 0 Å². The molecule has 0 aliphatic carbocycles. The average molecular weight is 865 g/mol. The van der Waals surface area contributed by atoms with E-state index in [0.717, 1.165) is 14.1 Å². The molecule has 0 aromatic heterocycles. The van der Waals surface area contributed by atoms with Crippen molar-refractivity contribution >= 4 is 213 Å². The Morgan fingerprint density at radius 2 is 0.603 bits per heavy atom. The first kappa shape index (κ1) is 54.9. The SMILES string of the molecule is BBB(B(B)B)c1c(B(B(B)B)B(B)B)c(C)c2c(C)c(C)c(-c3c4c(C)c(C)c(C)c(C)c4c(-c4c(C)c(C)c(C)c(C)c4C)c4c(C)c(C)c(C)c(C)c34)c(B(B)BB)c2c1B(B)B(B)B. The maximum atomic E-state index is 2.60. The van der Waals surface area contributed by atoms with Gasteiger partial charge < -0.3 is 0 Å². The van der Waals surface area contributed by atoms with Gasteiger partial charge in [0.25, 0.3) is 0 Å². The van der Waals surface area contributed by atoms with Gasteiger partial charge in [0.1, 0.15) is 0 Å². The van der Waals surface area contributed by atoms with Crippen LogP contribution in [-0.4, -0.2) is 158 Å². The molecule has 6 aromatic rings. The molecule has 0 aliphatic rings. The molecule has 6 aromatic carbocycles. The number of fused-ring (bicyclic) bond motifs is 3. The van der Waals surface area contributed by atoms with Gasteiger partial charge in [0.15, 0.2) is 0 Å². The molecule has 6 rings (SSSR count). The van der Waals surface area contributed by atoms with Crippen molar-refractivity contribution in [1.29, 1.82) is 0 Å². The fraction of sp³-hybridized carbons (Fsp3) is 0.348. The lowest BCUT2D eigenvalue weighted by Crippen LogP contribution is -2.74. The summed E-state index contributed by atoms with van der Waals surface area (Å²) >= 11 is 0. The van der Waals surface area contributed by atoms with Crippen LogP contribution in [0.4, 0.5) is 0 Å². The summed E-state index contributed by atoms with van der Waals surface area (Å²) in [4.78, 5) is 0. The van der Waals surface area contributed by atoms with Crippen molar-refractivity contribution in [3.05, 3.63) is 89.0 Å². The van der Waals surface area contributed by atoms with Crippen LogP contribution in [0.1, 0.15) is 89.0 Å². The smallest absolute Gasteiger partial charge is 0.0976 e. The van der Waals surface area contributed by atoms with Crippen LogP contribution in [0.3, 0.4) is 0 Å². The van der Waals surface area contributed by atoms with E-state index >= 15 is 0 Å². The summed E-state index contributed by atoms with van der Waals surface area (Å²) in [7, 11) is 32.3. The molecular formula is C46H74B22. The molecule has 0 spiro atoms. The lowest BCUT2D eigenvalue weighted by molar-refractivity contribution is 1.18. The van der Waals surface area contributed by atoms with Gasteiger partial charge in [-0.05, 0) is 249 Å². The van der Waals surface area contributed by atoms with E-state index in [1.807, 2.05) is 0 Å². The van der Waals surface area contributed by atoms with E-state index in [1.54, 1.807) is 38.2 Å². The summed E-state index contributed by atoms with van der Waals surface area (Å²) in [5.74, 6) is 0. The van der Waals surface area contributed by atoms with Gasteiger partial charge in [-0.3, -0.25) is 0 Å². The zero-order valence-electron chi connectivity index (χ0n) is 49.0. The summed E-state index contributed by atoms with van der Waals surface area (Å²) < 4.78 is 0. The zero-order chi connectivity index (χ0) is 51.4. The second-order valence-electron chi connectivity index (χ2n) is 24.0. The van der Waals surface area contributed by atoms with Gasteiger partial charge in [-0.2, -0.15) is 0 Å². The summed E-state index contributed by atoms with van der Waals surface area (Å²) in [6.07, 6.45) is 2.09. The van der Waals surface area contributed by atoms with Gasteiger partial charge in [-0.1, -0.05) is 16.5 Å². The third kappa shape index (κ3) is 8.25. The first-order chi connectivity index (χ1) is 31.6. The van der Waals surface area contributed by atoms with Crippen molar-refractivity contribution in [2.75, 3.05) is 0 Å². The topological polar surface area (TPSA) is 0 Å². The number of aryl methyl sites for hydroxylation is 6. The fourth-order valence-corrected chi connectivity index (χ4v) is 14.0. The third-order valence-electron chi connectivity index (χ3n) is 19.6. The van der Waals surface area contributed by atoms with E-state index in [0.29, 0.717) is 51.5 Å². The second kappa shape index (κ2) is 20.2. The van der Waals surface area contributed by atoms with Crippen LogP contribution in [0.15, 0.2) is 0 Å². The summed E-state index contributed by atoms with van der Waals surface area (Å²) in [6.45, 7) is 40.6. The standard InChI is InChI=1S/C46H74B22/c1-17-18(2)24(8)33(25(9)19(17)3)40-35-26(10)20(4)22(6)28(12)37(35)41(38-29(13)23(7)21(5)27(11)36(38)40)39-31(15)30(14)34-32(16)43(64(67(55)56)68(57)58)46(63(60-48)66(53)54)45(62(50)65(51)52)42(34)44(39)61(49)59-47/h59-60H,47-58H2,1-16H3.